The summed E-state index contributed by atoms with van der Waals surface area (Å²) in [7, 11) is 0. The zero-order valence-corrected chi connectivity index (χ0v) is 11.5. The van der Waals surface area contributed by atoms with Gasteiger partial charge in [-0.25, -0.2) is 4.68 Å². The lowest BCUT2D eigenvalue weighted by Gasteiger charge is -2.15. The molecule has 19 heavy (non-hydrogen) atoms. The monoisotopic (exact) mass is 269 g/mol. The van der Waals surface area contributed by atoms with Crippen molar-refractivity contribution in [3.05, 3.63) is 54.6 Å². The van der Waals surface area contributed by atoms with E-state index in [9.17, 15) is 0 Å². The first-order chi connectivity index (χ1) is 9.38. The molecular weight excluding hydrogens is 254 g/mol. The number of para-hydroxylation sites is 1. The van der Waals surface area contributed by atoms with Crippen molar-refractivity contribution in [1.82, 2.24) is 15.0 Å². The van der Waals surface area contributed by atoms with Crippen LogP contribution in [0.2, 0.25) is 0 Å². The van der Waals surface area contributed by atoms with E-state index < -0.39 is 0 Å². The van der Waals surface area contributed by atoms with Crippen molar-refractivity contribution in [2.75, 3.05) is 0 Å². The predicted molar refractivity (Wildman–Crippen MR) is 79.2 cm³/mol. The average molecular weight is 269 g/mol. The fourth-order valence-corrected chi connectivity index (χ4v) is 3.11. The Bertz CT molecular complexity index is 663. The van der Waals surface area contributed by atoms with E-state index in [0.717, 1.165) is 17.5 Å². The van der Waals surface area contributed by atoms with Crippen LogP contribution in [-0.4, -0.2) is 15.0 Å². The average Bonchev–Trinajstić information content (AvgIpc) is 2.90. The third-order valence-electron chi connectivity index (χ3n) is 3.01. The van der Waals surface area contributed by atoms with Gasteiger partial charge in [-0.1, -0.05) is 54.2 Å². The van der Waals surface area contributed by atoms with Crippen LogP contribution in [-0.2, 0) is 0 Å². The van der Waals surface area contributed by atoms with Crippen LogP contribution < -0.4 is 0 Å². The predicted octanol–water partition coefficient (Wildman–Crippen LogP) is 4.13. The highest BCUT2D eigenvalue weighted by Gasteiger charge is 2.14. The van der Waals surface area contributed by atoms with Crippen LogP contribution >= 0.6 is 11.8 Å². The first-order valence-electron chi connectivity index (χ1n) is 6.40. The minimum atomic E-state index is 0.273. The lowest BCUT2D eigenvalue weighted by Crippen LogP contribution is -2.06. The second-order valence-electron chi connectivity index (χ2n) is 4.32. The molecule has 1 aromatic heterocycles. The minimum Gasteiger partial charge on any atom is -0.231 e. The highest BCUT2D eigenvalue weighted by molar-refractivity contribution is 7.99. The van der Waals surface area contributed by atoms with Gasteiger partial charge in [-0.05, 0) is 30.7 Å². The van der Waals surface area contributed by atoms with Gasteiger partial charge < -0.3 is 0 Å². The molecule has 0 spiro atoms. The van der Waals surface area contributed by atoms with Gasteiger partial charge in [0, 0.05) is 4.90 Å². The molecule has 2 aromatic carbocycles. The molecule has 0 saturated heterocycles. The Balaban J connectivity index is 1.94. The van der Waals surface area contributed by atoms with Crippen LogP contribution in [0.1, 0.15) is 18.7 Å². The largest absolute Gasteiger partial charge is 0.231 e. The first-order valence-corrected chi connectivity index (χ1v) is 7.28. The zero-order valence-electron chi connectivity index (χ0n) is 10.7. The molecule has 3 rings (SSSR count). The number of hydrogen-bond acceptors (Lipinski definition) is 3. The Kier molecular flexibility index (Phi) is 3.51. The summed E-state index contributed by atoms with van der Waals surface area (Å²) in [5.74, 6) is 0. The molecule has 0 aliphatic carbocycles. The number of fused-ring (bicyclic) bond motifs is 1. The Morgan fingerprint density at radius 2 is 1.79 bits per heavy atom. The summed E-state index contributed by atoms with van der Waals surface area (Å²) >= 11 is 1.82. The molecule has 0 bridgehead atoms. The van der Waals surface area contributed by atoms with E-state index in [-0.39, 0.29) is 5.37 Å². The normalized spacial score (nSPS) is 12.7. The first kappa shape index (κ1) is 12.2. The molecule has 3 nitrogen and oxygen atoms in total. The number of thioether (sulfide) groups is 1. The maximum absolute atomic E-state index is 4.31. The van der Waals surface area contributed by atoms with Crippen molar-refractivity contribution >= 4 is 22.8 Å². The second-order valence-corrected chi connectivity index (χ2v) is 5.57. The molecule has 0 radical (unpaired) electrons. The van der Waals surface area contributed by atoms with Gasteiger partial charge in [0.15, 0.2) is 0 Å². The minimum absolute atomic E-state index is 0.273. The lowest BCUT2D eigenvalue weighted by molar-refractivity contribution is 0.579. The Labute approximate surface area is 116 Å². The molecule has 0 aliphatic rings. The van der Waals surface area contributed by atoms with Crippen molar-refractivity contribution in [2.24, 2.45) is 0 Å². The van der Waals surface area contributed by atoms with Crippen molar-refractivity contribution in [3.63, 3.8) is 0 Å². The molecule has 0 N–H and O–H groups in total. The summed E-state index contributed by atoms with van der Waals surface area (Å²) in [6.07, 6.45) is 1.01. The third-order valence-corrected chi connectivity index (χ3v) is 4.36. The lowest BCUT2D eigenvalue weighted by atomic mass is 10.3. The molecule has 0 saturated carbocycles. The summed E-state index contributed by atoms with van der Waals surface area (Å²) in [5.41, 5.74) is 2.05. The van der Waals surface area contributed by atoms with Gasteiger partial charge in [0.05, 0.1) is 5.52 Å². The van der Waals surface area contributed by atoms with Crippen LogP contribution in [0.4, 0.5) is 0 Å². The van der Waals surface area contributed by atoms with Gasteiger partial charge in [-0.3, -0.25) is 0 Å². The maximum atomic E-state index is 4.31. The van der Waals surface area contributed by atoms with Gasteiger partial charge in [-0.15, -0.1) is 5.10 Å². The zero-order chi connectivity index (χ0) is 13.1. The van der Waals surface area contributed by atoms with E-state index in [0.29, 0.717) is 0 Å². The van der Waals surface area contributed by atoms with Crippen molar-refractivity contribution < 1.29 is 0 Å². The molecule has 0 aliphatic heterocycles. The number of hydrogen-bond donors (Lipinski definition) is 0. The topological polar surface area (TPSA) is 30.7 Å². The molecular formula is C15H15N3S. The highest BCUT2D eigenvalue weighted by Crippen LogP contribution is 2.34. The smallest absolute Gasteiger partial charge is 0.113 e. The van der Waals surface area contributed by atoms with Crippen molar-refractivity contribution in [2.45, 2.75) is 23.6 Å². The summed E-state index contributed by atoms with van der Waals surface area (Å²) in [5, 5.41) is 8.81. The van der Waals surface area contributed by atoms with Gasteiger partial charge >= 0.3 is 0 Å². The number of aromatic nitrogens is 3. The molecule has 1 heterocycles. The SMILES string of the molecule is CCC(Sc1ccccc1)n1nnc2ccccc21. The van der Waals surface area contributed by atoms with E-state index in [4.69, 9.17) is 0 Å². The molecule has 0 amide bonds. The van der Waals surface area contributed by atoms with Crippen LogP contribution in [0.5, 0.6) is 0 Å². The number of benzene rings is 2. The number of rotatable bonds is 4. The van der Waals surface area contributed by atoms with Crippen LogP contribution in [0.25, 0.3) is 11.0 Å². The van der Waals surface area contributed by atoms with E-state index in [1.165, 1.54) is 4.90 Å². The number of nitrogens with zero attached hydrogens (tertiary/aromatic N) is 3. The summed E-state index contributed by atoms with van der Waals surface area (Å²) in [4.78, 5) is 1.26. The Hall–Kier alpha value is -1.81. The molecule has 96 valence electrons. The van der Waals surface area contributed by atoms with E-state index >= 15 is 0 Å². The van der Waals surface area contributed by atoms with Crippen molar-refractivity contribution in [1.29, 1.82) is 0 Å². The van der Waals surface area contributed by atoms with Crippen LogP contribution in [0.15, 0.2) is 59.5 Å². The fourth-order valence-electron chi connectivity index (χ4n) is 2.06. The molecule has 0 fully saturated rings. The Morgan fingerprint density at radius 1 is 1.05 bits per heavy atom. The third kappa shape index (κ3) is 2.49. The summed E-state index contributed by atoms with van der Waals surface area (Å²) in [6.45, 7) is 2.18. The standard InChI is InChI=1S/C15H15N3S/c1-2-15(19-12-8-4-3-5-9-12)18-14-11-7-6-10-13(14)16-17-18/h3-11,15H,2H2,1H3. The quantitative estimate of drug-likeness (QED) is 0.667. The van der Waals surface area contributed by atoms with Gasteiger partial charge in [0.2, 0.25) is 0 Å². The van der Waals surface area contributed by atoms with Gasteiger partial charge in [0.1, 0.15) is 10.9 Å². The molecule has 3 aromatic rings. The van der Waals surface area contributed by atoms with Crippen LogP contribution in [0, 0.1) is 0 Å². The van der Waals surface area contributed by atoms with E-state index in [1.807, 2.05) is 40.7 Å². The van der Waals surface area contributed by atoms with Crippen LogP contribution in [0.3, 0.4) is 0 Å². The van der Waals surface area contributed by atoms with E-state index in [1.54, 1.807) is 0 Å². The Morgan fingerprint density at radius 3 is 2.58 bits per heavy atom. The van der Waals surface area contributed by atoms with E-state index in [2.05, 4.69) is 47.6 Å². The van der Waals surface area contributed by atoms with Crippen molar-refractivity contribution in [3.8, 4) is 0 Å². The summed E-state index contributed by atoms with van der Waals surface area (Å²) in [6, 6.07) is 18.5. The second kappa shape index (κ2) is 5.45. The van der Waals surface area contributed by atoms with Gasteiger partial charge in [0.25, 0.3) is 0 Å². The highest BCUT2D eigenvalue weighted by atomic mass is 32.2. The maximum Gasteiger partial charge on any atom is 0.113 e. The fraction of sp³-hybridized carbons (Fsp3) is 0.200. The molecule has 1 unspecified atom stereocenters. The molecule has 4 heteroatoms. The van der Waals surface area contributed by atoms with Gasteiger partial charge in [-0.2, -0.15) is 0 Å². The molecule has 1 atom stereocenters. The summed E-state index contributed by atoms with van der Waals surface area (Å²) < 4.78 is 2.02.